The summed E-state index contributed by atoms with van der Waals surface area (Å²) in [5, 5.41) is 0. The summed E-state index contributed by atoms with van der Waals surface area (Å²) < 4.78 is 6.91. The fourth-order valence-corrected chi connectivity index (χ4v) is 4.34. The molecule has 1 aliphatic rings. The van der Waals surface area contributed by atoms with Crippen molar-refractivity contribution in [3.05, 3.63) is 50.1 Å². The molecular weight excluding hydrogens is 334 g/mol. The average molecular weight is 352 g/mol. The molecule has 1 aromatic carbocycles. The van der Waals surface area contributed by atoms with Gasteiger partial charge in [0.05, 0.1) is 10.4 Å². The zero-order valence-corrected chi connectivity index (χ0v) is 13.8. The van der Waals surface area contributed by atoms with Crippen LogP contribution in [-0.4, -0.2) is 6.61 Å². The summed E-state index contributed by atoms with van der Waals surface area (Å²) in [5.41, 5.74) is 8.99. The van der Waals surface area contributed by atoms with Gasteiger partial charge in [-0.2, -0.15) is 0 Å². The Morgan fingerprint density at radius 2 is 2.25 bits per heavy atom. The maximum absolute atomic E-state index is 6.41. The van der Waals surface area contributed by atoms with E-state index in [0.717, 1.165) is 25.2 Å². The van der Waals surface area contributed by atoms with Crippen LogP contribution in [0.3, 0.4) is 0 Å². The predicted molar refractivity (Wildman–Crippen MR) is 87.6 cm³/mol. The summed E-state index contributed by atoms with van der Waals surface area (Å²) in [4.78, 5) is 1.26. The molecule has 2 unspecified atom stereocenters. The number of fused-ring (bicyclic) bond motifs is 1. The first-order chi connectivity index (χ1) is 9.65. The molecule has 20 heavy (non-hydrogen) atoms. The first kappa shape index (κ1) is 14.1. The van der Waals surface area contributed by atoms with E-state index in [9.17, 15) is 0 Å². The van der Waals surface area contributed by atoms with Crippen LogP contribution in [0.2, 0.25) is 0 Å². The monoisotopic (exact) mass is 351 g/mol. The quantitative estimate of drug-likeness (QED) is 0.863. The van der Waals surface area contributed by atoms with Crippen LogP contribution in [0.15, 0.2) is 34.1 Å². The van der Waals surface area contributed by atoms with Crippen LogP contribution >= 0.6 is 27.3 Å². The van der Waals surface area contributed by atoms with E-state index in [0.29, 0.717) is 5.92 Å². The zero-order valence-electron chi connectivity index (χ0n) is 11.4. The molecule has 3 rings (SSSR count). The molecule has 1 aliphatic heterocycles. The lowest BCUT2D eigenvalue weighted by molar-refractivity contribution is 0.259. The van der Waals surface area contributed by atoms with Gasteiger partial charge in [-0.05, 0) is 64.9 Å². The molecule has 106 valence electrons. The maximum atomic E-state index is 6.41. The number of benzene rings is 1. The fourth-order valence-electron chi connectivity index (χ4n) is 2.75. The van der Waals surface area contributed by atoms with E-state index < -0.39 is 0 Å². The number of thiophene rings is 1. The van der Waals surface area contributed by atoms with Gasteiger partial charge >= 0.3 is 0 Å². The first-order valence-corrected chi connectivity index (χ1v) is 8.49. The van der Waals surface area contributed by atoms with Gasteiger partial charge in [0.15, 0.2) is 0 Å². The second kappa shape index (κ2) is 5.88. The number of halogens is 1. The Hall–Kier alpha value is -0.840. The Labute approximate surface area is 132 Å². The standard InChI is InChI=1S/C16H18BrNOS/c1-10-8-15(20-16(10)17)13(18)9-11-6-7-19-14-5-3-2-4-12(11)14/h2-5,8,11,13H,6-7,9,18H2,1H3. The number of para-hydroxylation sites is 1. The molecule has 0 spiro atoms. The van der Waals surface area contributed by atoms with Crippen molar-refractivity contribution in [2.45, 2.75) is 31.7 Å². The lowest BCUT2D eigenvalue weighted by Gasteiger charge is -2.27. The molecule has 2 N–H and O–H groups in total. The lowest BCUT2D eigenvalue weighted by Crippen LogP contribution is -2.19. The molecule has 0 amide bonds. The zero-order chi connectivity index (χ0) is 14.1. The van der Waals surface area contributed by atoms with Crippen molar-refractivity contribution < 1.29 is 4.74 Å². The van der Waals surface area contributed by atoms with E-state index in [-0.39, 0.29) is 6.04 Å². The third-order valence-electron chi connectivity index (χ3n) is 3.86. The third-order valence-corrected chi connectivity index (χ3v) is 6.13. The van der Waals surface area contributed by atoms with Crippen molar-refractivity contribution in [3.63, 3.8) is 0 Å². The van der Waals surface area contributed by atoms with Gasteiger partial charge in [0.2, 0.25) is 0 Å². The van der Waals surface area contributed by atoms with Crippen molar-refractivity contribution in [2.24, 2.45) is 5.73 Å². The fraction of sp³-hybridized carbons (Fsp3) is 0.375. The summed E-state index contributed by atoms with van der Waals surface area (Å²) in [6.07, 6.45) is 2.03. The number of hydrogen-bond acceptors (Lipinski definition) is 3. The summed E-state index contributed by atoms with van der Waals surface area (Å²) in [6, 6.07) is 10.6. The molecule has 0 bridgehead atoms. The highest BCUT2D eigenvalue weighted by molar-refractivity contribution is 9.11. The molecule has 1 aromatic heterocycles. The highest BCUT2D eigenvalue weighted by Gasteiger charge is 2.24. The molecular formula is C16H18BrNOS. The molecule has 4 heteroatoms. The molecule has 0 fully saturated rings. The summed E-state index contributed by atoms with van der Waals surface area (Å²) in [7, 11) is 0. The smallest absolute Gasteiger partial charge is 0.122 e. The second-order valence-corrected chi connectivity index (χ2v) is 7.72. The summed E-state index contributed by atoms with van der Waals surface area (Å²) in [5.74, 6) is 1.52. The Kier molecular flexibility index (Phi) is 4.15. The van der Waals surface area contributed by atoms with Crippen molar-refractivity contribution in [1.29, 1.82) is 0 Å². The Bertz CT molecular complexity index is 591. The van der Waals surface area contributed by atoms with Gasteiger partial charge in [-0.3, -0.25) is 0 Å². The molecule has 0 radical (unpaired) electrons. The van der Waals surface area contributed by atoms with Crippen LogP contribution in [0, 0.1) is 6.92 Å². The number of ether oxygens (including phenoxy) is 1. The molecule has 0 saturated carbocycles. The molecule has 2 atom stereocenters. The lowest BCUT2D eigenvalue weighted by atomic mass is 9.87. The van der Waals surface area contributed by atoms with E-state index in [4.69, 9.17) is 10.5 Å². The average Bonchev–Trinajstić information content (AvgIpc) is 2.79. The van der Waals surface area contributed by atoms with Crippen LogP contribution < -0.4 is 10.5 Å². The minimum absolute atomic E-state index is 0.0983. The van der Waals surface area contributed by atoms with E-state index in [1.165, 1.54) is 19.8 Å². The number of nitrogens with two attached hydrogens (primary N) is 1. The van der Waals surface area contributed by atoms with Crippen LogP contribution in [0.4, 0.5) is 0 Å². The van der Waals surface area contributed by atoms with Crippen LogP contribution in [0.25, 0.3) is 0 Å². The van der Waals surface area contributed by atoms with Gasteiger partial charge in [-0.25, -0.2) is 0 Å². The Morgan fingerprint density at radius 1 is 1.45 bits per heavy atom. The summed E-state index contributed by atoms with van der Waals surface area (Å²) >= 11 is 5.33. The van der Waals surface area contributed by atoms with Crippen molar-refractivity contribution >= 4 is 27.3 Å². The van der Waals surface area contributed by atoms with Crippen LogP contribution in [0.1, 0.15) is 40.8 Å². The van der Waals surface area contributed by atoms with Crippen LogP contribution in [0.5, 0.6) is 5.75 Å². The molecule has 2 heterocycles. The predicted octanol–water partition coefficient (Wildman–Crippen LogP) is 4.78. The molecule has 0 aliphatic carbocycles. The first-order valence-electron chi connectivity index (χ1n) is 6.88. The number of rotatable bonds is 3. The van der Waals surface area contributed by atoms with Gasteiger partial charge in [0, 0.05) is 10.9 Å². The van der Waals surface area contributed by atoms with Gasteiger partial charge in [-0.1, -0.05) is 18.2 Å². The topological polar surface area (TPSA) is 35.2 Å². The largest absolute Gasteiger partial charge is 0.493 e. The van der Waals surface area contributed by atoms with Gasteiger partial charge in [0.1, 0.15) is 5.75 Å². The minimum atomic E-state index is 0.0983. The second-order valence-electron chi connectivity index (χ2n) is 5.32. The van der Waals surface area contributed by atoms with E-state index in [1.807, 2.05) is 6.07 Å². The van der Waals surface area contributed by atoms with Gasteiger partial charge < -0.3 is 10.5 Å². The van der Waals surface area contributed by atoms with Crippen LogP contribution in [-0.2, 0) is 0 Å². The Morgan fingerprint density at radius 3 is 3.00 bits per heavy atom. The van der Waals surface area contributed by atoms with Crippen molar-refractivity contribution in [2.75, 3.05) is 6.61 Å². The number of aryl methyl sites for hydroxylation is 1. The molecule has 2 aromatic rings. The molecule has 0 saturated heterocycles. The highest BCUT2D eigenvalue weighted by atomic mass is 79.9. The molecule has 2 nitrogen and oxygen atoms in total. The van der Waals surface area contributed by atoms with Crippen molar-refractivity contribution in [3.8, 4) is 5.75 Å². The SMILES string of the molecule is Cc1cc(C(N)CC2CCOc3ccccc32)sc1Br. The minimum Gasteiger partial charge on any atom is -0.493 e. The third kappa shape index (κ3) is 2.78. The van der Waals surface area contributed by atoms with Gasteiger partial charge in [0.25, 0.3) is 0 Å². The van der Waals surface area contributed by atoms with Crippen molar-refractivity contribution in [1.82, 2.24) is 0 Å². The Balaban J connectivity index is 1.78. The van der Waals surface area contributed by atoms with E-state index in [1.54, 1.807) is 11.3 Å². The maximum Gasteiger partial charge on any atom is 0.122 e. The highest BCUT2D eigenvalue weighted by Crippen LogP contribution is 2.40. The number of hydrogen-bond donors (Lipinski definition) is 1. The van der Waals surface area contributed by atoms with Gasteiger partial charge in [-0.15, -0.1) is 11.3 Å². The normalized spacial score (nSPS) is 19.2. The van der Waals surface area contributed by atoms with E-state index in [2.05, 4.69) is 47.1 Å². The summed E-state index contributed by atoms with van der Waals surface area (Å²) in [6.45, 7) is 2.90. The van der Waals surface area contributed by atoms with E-state index >= 15 is 0 Å².